The molecule has 0 amide bonds. The first-order chi connectivity index (χ1) is 9.44. The molecule has 1 N–H and O–H groups in total. The van der Waals surface area contributed by atoms with Crippen molar-refractivity contribution >= 4 is 11.6 Å². The molecule has 2 heteroatoms. The van der Waals surface area contributed by atoms with Crippen LogP contribution in [0, 0.1) is 18.3 Å². The normalized spacial score (nSPS) is 23.6. The van der Waals surface area contributed by atoms with Crippen molar-refractivity contribution in [3.8, 4) is 0 Å². The summed E-state index contributed by atoms with van der Waals surface area (Å²) in [5.41, 5.74) is 2.94. The summed E-state index contributed by atoms with van der Waals surface area (Å²) in [6, 6.07) is 6.96. The summed E-state index contributed by atoms with van der Waals surface area (Å²) in [5, 5.41) is 4.47. The standard InChI is InChI=1S/C18H28ClN/c1-13-8-9-14(16(19)11-13)12-17(20-4)15-7-5-6-10-18(15,2)3/h8-9,11,15,17,20H,5-7,10,12H2,1-4H3. The Balaban J connectivity index is 2.15. The van der Waals surface area contributed by atoms with Crippen LogP contribution in [0.2, 0.25) is 5.02 Å². The van der Waals surface area contributed by atoms with Gasteiger partial charge in [-0.1, -0.05) is 50.4 Å². The largest absolute Gasteiger partial charge is 0.316 e. The van der Waals surface area contributed by atoms with Crippen molar-refractivity contribution < 1.29 is 0 Å². The molecule has 1 aromatic rings. The maximum Gasteiger partial charge on any atom is 0.0441 e. The Bertz CT molecular complexity index is 453. The van der Waals surface area contributed by atoms with E-state index in [-0.39, 0.29) is 0 Å². The van der Waals surface area contributed by atoms with Crippen LogP contribution in [0.25, 0.3) is 0 Å². The van der Waals surface area contributed by atoms with Crippen LogP contribution < -0.4 is 5.32 Å². The highest BCUT2D eigenvalue weighted by atomic mass is 35.5. The molecule has 1 aliphatic rings. The van der Waals surface area contributed by atoms with Gasteiger partial charge in [0.05, 0.1) is 0 Å². The van der Waals surface area contributed by atoms with Crippen molar-refractivity contribution in [2.75, 3.05) is 7.05 Å². The summed E-state index contributed by atoms with van der Waals surface area (Å²) in [4.78, 5) is 0. The van der Waals surface area contributed by atoms with Crippen molar-refractivity contribution in [3.63, 3.8) is 0 Å². The second kappa shape index (κ2) is 6.49. The van der Waals surface area contributed by atoms with E-state index in [0.717, 1.165) is 17.4 Å². The Morgan fingerprint density at radius 1 is 1.35 bits per heavy atom. The molecule has 2 atom stereocenters. The van der Waals surface area contributed by atoms with Gasteiger partial charge in [0.1, 0.15) is 0 Å². The molecule has 1 aliphatic carbocycles. The number of hydrogen-bond acceptors (Lipinski definition) is 1. The quantitative estimate of drug-likeness (QED) is 0.824. The van der Waals surface area contributed by atoms with Gasteiger partial charge in [0.15, 0.2) is 0 Å². The van der Waals surface area contributed by atoms with Gasteiger partial charge in [-0.3, -0.25) is 0 Å². The molecule has 20 heavy (non-hydrogen) atoms. The van der Waals surface area contributed by atoms with Crippen molar-refractivity contribution in [1.29, 1.82) is 0 Å². The van der Waals surface area contributed by atoms with Crippen molar-refractivity contribution in [2.45, 2.75) is 58.9 Å². The number of halogens is 1. The number of benzene rings is 1. The van der Waals surface area contributed by atoms with Gasteiger partial charge in [-0.2, -0.15) is 0 Å². The van der Waals surface area contributed by atoms with Crippen LogP contribution in [0.15, 0.2) is 18.2 Å². The molecule has 1 fully saturated rings. The predicted octanol–water partition coefficient (Wildman–Crippen LogP) is 5.00. The fourth-order valence-corrected chi connectivity index (χ4v) is 4.08. The van der Waals surface area contributed by atoms with Crippen LogP contribution in [0.1, 0.15) is 50.7 Å². The summed E-state index contributed by atoms with van der Waals surface area (Å²) < 4.78 is 0. The highest BCUT2D eigenvalue weighted by Crippen LogP contribution is 2.43. The number of rotatable bonds is 4. The fraction of sp³-hybridized carbons (Fsp3) is 0.667. The molecular formula is C18H28ClN. The van der Waals surface area contributed by atoms with E-state index in [1.807, 2.05) is 0 Å². The lowest BCUT2D eigenvalue weighted by atomic mass is 9.65. The Morgan fingerprint density at radius 3 is 2.70 bits per heavy atom. The minimum absolute atomic E-state index is 0.434. The molecule has 0 bridgehead atoms. The SMILES string of the molecule is CNC(Cc1ccc(C)cc1Cl)C1CCCCC1(C)C. The van der Waals surface area contributed by atoms with Crippen LogP contribution in [0.4, 0.5) is 0 Å². The smallest absolute Gasteiger partial charge is 0.0441 e. The molecule has 1 saturated carbocycles. The Hall–Kier alpha value is -0.530. The highest BCUT2D eigenvalue weighted by molar-refractivity contribution is 6.31. The molecule has 0 spiro atoms. The molecule has 0 aromatic heterocycles. The number of hydrogen-bond donors (Lipinski definition) is 1. The van der Waals surface area contributed by atoms with E-state index < -0.39 is 0 Å². The number of aryl methyl sites for hydroxylation is 1. The van der Waals surface area contributed by atoms with Gasteiger partial charge in [0, 0.05) is 11.1 Å². The topological polar surface area (TPSA) is 12.0 Å². The van der Waals surface area contributed by atoms with Gasteiger partial charge in [-0.25, -0.2) is 0 Å². The first-order valence-corrected chi connectivity index (χ1v) is 8.24. The Morgan fingerprint density at radius 2 is 2.10 bits per heavy atom. The number of likely N-dealkylation sites (N-methyl/N-ethyl adjacent to an activating group) is 1. The molecular weight excluding hydrogens is 266 g/mol. The summed E-state index contributed by atoms with van der Waals surface area (Å²) in [5.74, 6) is 0.735. The summed E-state index contributed by atoms with van der Waals surface area (Å²) in [7, 11) is 2.09. The predicted molar refractivity (Wildman–Crippen MR) is 88.5 cm³/mol. The van der Waals surface area contributed by atoms with E-state index >= 15 is 0 Å². The third-order valence-corrected chi connectivity index (χ3v) is 5.45. The third kappa shape index (κ3) is 3.56. The maximum atomic E-state index is 6.41. The zero-order valence-electron chi connectivity index (χ0n) is 13.3. The fourth-order valence-electron chi connectivity index (χ4n) is 3.77. The van der Waals surface area contributed by atoms with E-state index in [1.54, 1.807) is 0 Å². The second-order valence-corrected chi connectivity index (χ2v) is 7.44. The summed E-state index contributed by atoms with van der Waals surface area (Å²) >= 11 is 6.41. The summed E-state index contributed by atoms with van der Waals surface area (Å²) in [6.45, 7) is 6.95. The molecule has 0 saturated heterocycles. The van der Waals surface area contributed by atoms with Gasteiger partial charge in [0.25, 0.3) is 0 Å². The first-order valence-electron chi connectivity index (χ1n) is 7.86. The van der Waals surface area contributed by atoms with Crippen molar-refractivity contribution in [2.24, 2.45) is 11.3 Å². The van der Waals surface area contributed by atoms with Crippen LogP contribution in [-0.4, -0.2) is 13.1 Å². The maximum absolute atomic E-state index is 6.41. The molecule has 2 rings (SSSR count). The van der Waals surface area contributed by atoms with Gasteiger partial charge in [-0.05, 0) is 61.8 Å². The zero-order valence-corrected chi connectivity index (χ0v) is 14.1. The Kier molecular flexibility index (Phi) is 5.14. The molecule has 1 aromatic carbocycles. The van der Waals surface area contributed by atoms with E-state index in [4.69, 9.17) is 11.6 Å². The molecule has 0 radical (unpaired) electrons. The van der Waals surface area contributed by atoms with Gasteiger partial charge in [-0.15, -0.1) is 0 Å². The summed E-state index contributed by atoms with van der Waals surface area (Å²) in [6.07, 6.45) is 6.46. The van der Waals surface area contributed by atoms with Crippen LogP contribution in [0.5, 0.6) is 0 Å². The monoisotopic (exact) mass is 293 g/mol. The number of nitrogens with one attached hydrogen (secondary N) is 1. The van der Waals surface area contributed by atoms with Gasteiger partial charge < -0.3 is 5.32 Å². The van der Waals surface area contributed by atoms with E-state index in [1.165, 1.54) is 36.8 Å². The lowest BCUT2D eigenvalue weighted by Crippen LogP contribution is -2.44. The van der Waals surface area contributed by atoms with Gasteiger partial charge in [0.2, 0.25) is 0 Å². The highest BCUT2D eigenvalue weighted by Gasteiger charge is 2.36. The Labute approximate surface area is 129 Å². The molecule has 0 heterocycles. The minimum atomic E-state index is 0.434. The van der Waals surface area contributed by atoms with E-state index in [0.29, 0.717) is 11.5 Å². The molecule has 112 valence electrons. The first kappa shape index (κ1) is 15.9. The van der Waals surface area contributed by atoms with E-state index in [9.17, 15) is 0 Å². The van der Waals surface area contributed by atoms with E-state index in [2.05, 4.69) is 51.3 Å². The van der Waals surface area contributed by atoms with Crippen LogP contribution >= 0.6 is 11.6 Å². The zero-order chi connectivity index (χ0) is 14.8. The lowest BCUT2D eigenvalue weighted by molar-refractivity contribution is 0.101. The second-order valence-electron chi connectivity index (χ2n) is 7.04. The van der Waals surface area contributed by atoms with Crippen molar-refractivity contribution in [3.05, 3.63) is 34.3 Å². The molecule has 1 nitrogen and oxygen atoms in total. The minimum Gasteiger partial charge on any atom is -0.316 e. The molecule has 2 unspecified atom stereocenters. The lowest BCUT2D eigenvalue weighted by Gasteiger charge is -2.43. The van der Waals surface area contributed by atoms with Crippen LogP contribution in [-0.2, 0) is 6.42 Å². The average Bonchev–Trinajstić information content (AvgIpc) is 2.38. The third-order valence-electron chi connectivity index (χ3n) is 5.09. The van der Waals surface area contributed by atoms with Crippen LogP contribution in [0.3, 0.4) is 0 Å². The average molecular weight is 294 g/mol. The van der Waals surface area contributed by atoms with Crippen molar-refractivity contribution in [1.82, 2.24) is 5.32 Å². The molecule has 0 aliphatic heterocycles. The van der Waals surface area contributed by atoms with Gasteiger partial charge >= 0.3 is 0 Å².